The molecule has 0 unspecified atom stereocenters. The van der Waals surface area contributed by atoms with Gasteiger partial charge in [-0.25, -0.2) is 9.69 Å². The summed E-state index contributed by atoms with van der Waals surface area (Å²) in [4.78, 5) is 41.2. The smallest absolute Gasteiger partial charge is 0.326 e. The summed E-state index contributed by atoms with van der Waals surface area (Å²) in [6.07, 6.45) is 2.00. The van der Waals surface area contributed by atoms with Crippen LogP contribution in [0.1, 0.15) is 38.7 Å². The van der Waals surface area contributed by atoms with E-state index >= 15 is 0 Å². The highest BCUT2D eigenvalue weighted by Crippen LogP contribution is 2.34. The van der Waals surface area contributed by atoms with Gasteiger partial charge in [-0.2, -0.15) is 0 Å². The Labute approximate surface area is 169 Å². The number of urea groups is 1. The van der Waals surface area contributed by atoms with Crippen molar-refractivity contribution in [2.24, 2.45) is 5.92 Å². The molecule has 3 rings (SSSR count). The lowest BCUT2D eigenvalue weighted by Gasteiger charge is -2.33. The minimum atomic E-state index is -1.11. The molecule has 7 nitrogen and oxygen atoms in total. The number of hydrogen-bond donors (Lipinski definition) is 1. The zero-order chi connectivity index (χ0) is 20.3. The number of amides is 3. The summed E-state index contributed by atoms with van der Waals surface area (Å²) in [5.74, 6) is -0.731. The summed E-state index contributed by atoms with van der Waals surface area (Å²) in [5, 5.41) is 3.38. The van der Waals surface area contributed by atoms with Gasteiger partial charge >= 0.3 is 12.0 Å². The molecule has 0 saturated carbocycles. The first-order valence-electron chi connectivity index (χ1n) is 9.70. The van der Waals surface area contributed by atoms with E-state index in [4.69, 9.17) is 16.3 Å². The lowest BCUT2D eigenvalue weighted by molar-refractivity contribution is -0.150. The number of nitrogens with one attached hydrogen (secondary N) is 1. The Morgan fingerprint density at radius 2 is 2.14 bits per heavy atom. The van der Waals surface area contributed by atoms with Crippen molar-refractivity contribution in [2.45, 2.75) is 38.6 Å². The first-order valence-corrected chi connectivity index (χ1v) is 10.1. The van der Waals surface area contributed by atoms with Gasteiger partial charge in [0, 0.05) is 11.6 Å². The molecule has 152 valence electrons. The van der Waals surface area contributed by atoms with Crippen LogP contribution in [0.5, 0.6) is 0 Å². The summed E-state index contributed by atoms with van der Waals surface area (Å²) in [6, 6.07) is 6.59. The quantitative estimate of drug-likeness (QED) is 0.579. The standard InChI is InChI=1S/C20H26ClN3O4/c1-3-20(15-8-5-9-16(21)11-15)18(26)24(19(27)22-20)13-23-10-6-7-14(12-23)17(25)28-4-2/h5,8-9,11,14H,3-4,6-7,10,12-13H2,1-2H3,(H,22,27)/t14-,20-/m0/s1. The highest BCUT2D eigenvalue weighted by molar-refractivity contribution is 6.30. The molecule has 2 heterocycles. The molecule has 1 aromatic rings. The number of carbonyl (C=O) groups excluding carboxylic acids is 3. The highest BCUT2D eigenvalue weighted by Gasteiger charge is 2.51. The first-order chi connectivity index (χ1) is 13.4. The normalized spacial score (nSPS) is 25.7. The number of benzene rings is 1. The van der Waals surface area contributed by atoms with Gasteiger partial charge in [-0.15, -0.1) is 0 Å². The zero-order valence-corrected chi connectivity index (χ0v) is 17.0. The second-order valence-corrected chi connectivity index (χ2v) is 7.68. The molecule has 0 bridgehead atoms. The third-order valence-corrected chi connectivity index (χ3v) is 5.73. The molecule has 3 amide bonds. The molecule has 2 aliphatic heterocycles. The summed E-state index contributed by atoms with van der Waals surface area (Å²) in [7, 11) is 0. The molecule has 0 spiro atoms. The fourth-order valence-electron chi connectivity index (χ4n) is 3.98. The average Bonchev–Trinajstić information content (AvgIpc) is 2.93. The lowest BCUT2D eigenvalue weighted by Crippen LogP contribution is -2.48. The van der Waals surface area contributed by atoms with E-state index in [2.05, 4.69) is 5.32 Å². The number of hydrogen-bond acceptors (Lipinski definition) is 5. The number of carbonyl (C=O) groups is 3. The van der Waals surface area contributed by atoms with E-state index in [0.717, 1.165) is 19.4 Å². The van der Waals surface area contributed by atoms with Gasteiger partial charge in [-0.3, -0.25) is 14.5 Å². The van der Waals surface area contributed by atoms with Crippen LogP contribution in [0.25, 0.3) is 0 Å². The van der Waals surface area contributed by atoms with Crippen molar-refractivity contribution in [2.75, 3.05) is 26.4 Å². The fraction of sp³-hybridized carbons (Fsp3) is 0.550. The Hall–Kier alpha value is -2.12. The fourth-order valence-corrected chi connectivity index (χ4v) is 4.17. The molecule has 2 aliphatic rings. The van der Waals surface area contributed by atoms with Crippen LogP contribution < -0.4 is 5.32 Å². The Balaban J connectivity index is 1.75. The molecule has 1 N–H and O–H groups in total. The molecule has 2 atom stereocenters. The van der Waals surface area contributed by atoms with Gasteiger partial charge in [0.1, 0.15) is 5.54 Å². The number of esters is 1. The number of rotatable bonds is 6. The van der Waals surface area contributed by atoms with Crippen molar-refractivity contribution < 1.29 is 19.1 Å². The van der Waals surface area contributed by atoms with E-state index in [1.807, 2.05) is 11.8 Å². The largest absolute Gasteiger partial charge is 0.466 e. The third kappa shape index (κ3) is 3.86. The molecule has 0 aliphatic carbocycles. The summed E-state index contributed by atoms with van der Waals surface area (Å²) < 4.78 is 5.12. The van der Waals surface area contributed by atoms with Crippen molar-refractivity contribution in [3.8, 4) is 0 Å². The van der Waals surface area contributed by atoms with Crippen molar-refractivity contribution in [3.63, 3.8) is 0 Å². The van der Waals surface area contributed by atoms with Gasteiger partial charge < -0.3 is 10.1 Å². The molecular formula is C20H26ClN3O4. The lowest BCUT2D eigenvalue weighted by atomic mass is 9.87. The van der Waals surface area contributed by atoms with Gasteiger partial charge in [-0.1, -0.05) is 30.7 Å². The Kier molecular flexibility index (Phi) is 6.25. The van der Waals surface area contributed by atoms with Crippen LogP contribution in [0.4, 0.5) is 4.79 Å². The molecule has 28 heavy (non-hydrogen) atoms. The third-order valence-electron chi connectivity index (χ3n) is 5.49. The van der Waals surface area contributed by atoms with Crippen LogP contribution in [-0.4, -0.2) is 54.1 Å². The van der Waals surface area contributed by atoms with E-state index in [9.17, 15) is 14.4 Å². The van der Waals surface area contributed by atoms with Crippen molar-refractivity contribution in [3.05, 3.63) is 34.9 Å². The monoisotopic (exact) mass is 407 g/mol. The zero-order valence-electron chi connectivity index (χ0n) is 16.2. The molecule has 2 saturated heterocycles. The number of halogens is 1. The number of piperidine rings is 1. The molecule has 2 fully saturated rings. The van der Waals surface area contributed by atoms with Gasteiger partial charge in [0.05, 0.1) is 19.2 Å². The Morgan fingerprint density at radius 3 is 2.82 bits per heavy atom. The minimum absolute atomic E-state index is 0.156. The maximum atomic E-state index is 13.3. The van der Waals surface area contributed by atoms with Crippen molar-refractivity contribution >= 4 is 29.5 Å². The number of ether oxygens (including phenoxy) is 1. The second kappa shape index (κ2) is 8.49. The number of nitrogens with zero attached hydrogens (tertiary/aromatic N) is 2. The first kappa shape index (κ1) is 20.6. The Morgan fingerprint density at radius 1 is 1.36 bits per heavy atom. The number of imide groups is 1. The van der Waals surface area contributed by atoms with Crippen LogP contribution in [0.2, 0.25) is 5.02 Å². The van der Waals surface area contributed by atoms with Crippen molar-refractivity contribution in [1.82, 2.24) is 15.1 Å². The van der Waals surface area contributed by atoms with Gasteiger partial charge in [0.25, 0.3) is 5.91 Å². The predicted octanol–water partition coefficient (Wildman–Crippen LogP) is 2.73. The molecular weight excluding hydrogens is 382 g/mol. The average molecular weight is 408 g/mol. The van der Waals surface area contributed by atoms with Crippen LogP contribution >= 0.6 is 11.6 Å². The highest BCUT2D eigenvalue weighted by atomic mass is 35.5. The van der Waals surface area contributed by atoms with Crippen LogP contribution in [0, 0.1) is 5.92 Å². The second-order valence-electron chi connectivity index (χ2n) is 7.24. The number of likely N-dealkylation sites (tertiary alicyclic amines) is 1. The van der Waals surface area contributed by atoms with E-state index in [1.165, 1.54) is 4.90 Å². The predicted molar refractivity (Wildman–Crippen MR) is 105 cm³/mol. The van der Waals surface area contributed by atoms with E-state index < -0.39 is 11.6 Å². The van der Waals surface area contributed by atoms with Crippen molar-refractivity contribution in [1.29, 1.82) is 0 Å². The molecule has 1 aromatic carbocycles. The van der Waals surface area contributed by atoms with Gasteiger partial charge in [0.15, 0.2) is 0 Å². The summed E-state index contributed by atoms with van der Waals surface area (Å²) >= 11 is 6.10. The van der Waals surface area contributed by atoms with Crippen LogP contribution in [0.3, 0.4) is 0 Å². The van der Waals surface area contributed by atoms with Gasteiger partial charge in [0.2, 0.25) is 0 Å². The van der Waals surface area contributed by atoms with Gasteiger partial charge in [-0.05, 0) is 50.4 Å². The molecule has 0 radical (unpaired) electrons. The SMILES string of the molecule is CCOC(=O)[C@H]1CCCN(CN2C(=O)N[C@@](CC)(c3cccc(Cl)c3)C2=O)C1. The minimum Gasteiger partial charge on any atom is -0.466 e. The summed E-state index contributed by atoms with van der Waals surface area (Å²) in [5.41, 5.74) is -0.440. The van der Waals surface area contributed by atoms with Crippen LogP contribution in [0.15, 0.2) is 24.3 Å². The van der Waals surface area contributed by atoms with E-state index in [-0.39, 0.29) is 24.5 Å². The summed E-state index contributed by atoms with van der Waals surface area (Å²) in [6.45, 7) is 5.35. The van der Waals surface area contributed by atoms with Crippen LogP contribution in [-0.2, 0) is 19.9 Å². The molecule has 8 heteroatoms. The maximum Gasteiger partial charge on any atom is 0.326 e. The maximum absolute atomic E-state index is 13.3. The molecule has 0 aromatic heterocycles. The van der Waals surface area contributed by atoms with E-state index in [0.29, 0.717) is 30.2 Å². The van der Waals surface area contributed by atoms with E-state index in [1.54, 1.807) is 31.2 Å². The topological polar surface area (TPSA) is 79.0 Å². The Bertz CT molecular complexity index is 772.